The number of nitrogens with zero attached hydrogens (tertiary/aromatic N) is 2. The van der Waals surface area contributed by atoms with Gasteiger partial charge in [-0.2, -0.15) is 0 Å². The van der Waals surface area contributed by atoms with Crippen LogP contribution >= 0.6 is 11.8 Å². The quantitative estimate of drug-likeness (QED) is 0.494. The average molecular weight is 494 g/mol. The van der Waals surface area contributed by atoms with Crippen LogP contribution in [-0.2, 0) is 6.42 Å². The van der Waals surface area contributed by atoms with Gasteiger partial charge in [0.2, 0.25) is 0 Å². The predicted octanol–water partition coefficient (Wildman–Crippen LogP) is 5.64. The van der Waals surface area contributed by atoms with Crippen molar-refractivity contribution in [2.45, 2.75) is 35.0 Å². The number of amides is 1. The average Bonchev–Trinajstić information content (AvgIpc) is 3.01. The van der Waals surface area contributed by atoms with Gasteiger partial charge in [0.25, 0.3) is 11.8 Å². The first-order chi connectivity index (χ1) is 16.9. The van der Waals surface area contributed by atoms with Gasteiger partial charge in [0, 0.05) is 53.4 Å². The molecule has 1 amide bonds. The van der Waals surface area contributed by atoms with Crippen molar-refractivity contribution in [3.63, 3.8) is 0 Å². The van der Waals surface area contributed by atoms with Crippen LogP contribution in [0.3, 0.4) is 0 Å². The van der Waals surface area contributed by atoms with Crippen molar-refractivity contribution in [1.29, 1.82) is 0 Å². The van der Waals surface area contributed by atoms with E-state index in [0.29, 0.717) is 30.1 Å². The molecule has 0 aromatic heterocycles. The van der Waals surface area contributed by atoms with Crippen molar-refractivity contribution in [2.75, 3.05) is 19.6 Å². The summed E-state index contributed by atoms with van der Waals surface area (Å²) >= 11 is 1.57. The number of rotatable bonds is 4. The number of hydrogen-bond donors (Lipinski definition) is 2. The van der Waals surface area contributed by atoms with E-state index in [4.69, 9.17) is 4.99 Å². The minimum atomic E-state index is -2.64. The first-order valence-electron chi connectivity index (χ1n) is 11.6. The first kappa shape index (κ1) is 23.4. The molecule has 2 aliphatic rings. The van der Waals surface area contributed by atoms with Crippen LogP contribution in [0.1, 0.15) is 34.3 Å². The molecule has 0 radical (unpaired) electrons. The predicted molar refractivity (Wildman–Crippen MR) is 133 cm³/mol. The van der Waals surface area contributed by atoms with Gasteiger partial charge in [0.15, 0.2) is 0 Å². The molecule has 0 spiro atoms. The van der Waals surface area contributed by atoms with E-state index in [0.717, 1.165) is 20.9 Å². The maximum Gasteiger partial charge on any atom is 0.251 e. The number of halogens is 2. The topological polar surface area (TPSA) is 64.9 Å². The summed E-state index contributed by atoms with van der Waals surface area (Å²) in [5.74, 6) is -1.96. The Kier molecular flexibility index (Phi) is 6.47. The lowest BCUT2D eigenvalue weighted by Crippen LogP contribution is -2.43. The van der Waals surface area contributed by atoms with Crippen LogP contribution in [0.25, 0.3) is 0 Å². The molecule has 1 saturated heterocycles. The monoisotopic (exact) mass is 493 g/mol. The van der Waals surface area contributed by atoms with E-state index in [1.807, 2.05) is 47.4 Å². The van der Waals surface area contributed by atoms with Gasteiger partial charge in [-0.05, 0) is 48.4 Å². The number of hydrogen-bond acceptors (Lipinski definition) is 5. The zero-order chi connectivity index (χ0) is 24.4. The molecular formula is C27H25F2N3O2S. The van der Waals surface area contributed by atoms with E-state index in [-0.39, 0.29) is 37.6 Å². The minimum absolute atomic E-state index is 0.197. The molecule has 2 N–H and O–H groups in total. The van der Waals surface area contributed by atoms with Crippen LogP contribution in [0.5, 0.6) is 5.75 Å². The first-order valence-corrected chi connectivity index (χ1v) is 12.4. The Morgan fingerprint density at radius 3 is 2.54 bits per heavy atom. The summed E-state index contributed by atoms with van der Waals surface area (Å²) in [5.41, 5.74) is 3.08. The van der Waals surface area contributed by atoms with E-state index in [2.05, 4.69) is 5.32 Å². The highest BCUT2D eigenvalue weighted by atomic mass is 32.2. The number of aromatic hydroxyl groups is 1. The van der Waals surface area contributed by atoms with Gasteiger partial charge in [-0.15, -0.1) is 0 Å². The number of nitrogens with one attached hydrogen (secondary N) is 1. The fourth-order valence-corrected chi connectivity index (χ4v) is 5.24. The number of carbonyl (C=O) groups excluding carboxylic acids is 1. The Balaban J connectivity index is 1.37. The summed E-state index contributed by atoms with van der Waals surface area (Å²) in [6.45, 7) is 0.923. The number of likely N-dealkylation sites (tertiary alicyclic amines) is 1. The smallest absolute Gasteiger partial charge is 0.251 e. The van der Waals surface area contributed by atoms with Gasteiger partial charge in [0.1, 0.15) is 11.6 Å². The van der Waals surface area contributed by atoms with Crippen LogP contribution < -0.4 is 5.32 Å². The summed E-state index contributed by atoms with van der Waals surface area (Å²) in [4.78, 5) is 21.6. The van der Waals surface area contributed by atoms with E-state index in [1.165, 1.54) is 0 Å². The molecule has 0 atom stereocenters. The lowest BCUT2D eigenvalue weighted by atomic mass is 10.0. The van der Waals surface area contributed by atoms with Gasteiger partial charge in [-0.3, -0.25) is 4.79 Å². The fraction of sp³-hybridized carbons (Fsp3) is 0.259. The molecule has 35 heavy (non-hydrogen) atoms. The number of phenols is 1. The van der Waals surface area contributed by atoms with E-state index < -0.39 is 5.92 Å². The molecule has 5 rings (SSSR count). The number of benzene rings is 3. The Hall–Kier alpha value is -3.39. The highest BCUT2D eigenvalue weighted by Gasteiger charge is 2.36. The SMILES string of the molecule is O=C(NCCc1ccc(O)cc1)c1ccc2c(c1)N=C(N1CCC(F)(F)CC1)c1ccccc1S2. The van der Waals surface area contributed by atoms with Crippen molar-refractivity contribution in [1.82, 2.24) is 10.2 Å². The number of aliphatic imine (C=N–C) groups is 1. The second-order valence-electron chi connectivity index (χ2n) is 8.73. The van der Waals surface area contributed by atoms with Gasteiger partial charge in [-0.25, -0.2) is 13.8 Å². The molecule has 0 unspecified atom stereocenters. The van der Waals surface area contributed by atoms with Crippen LogP contribution in [0.2, 0.25) is 0 Å². The minimum Gasteiger partial charge on any atom is -0.508 e. The lowest BCUT2D eigenvalue weighted by Gasteiger charge is -2.34. The Labute approximate surface area is 206 Å². The zero-order valence-electron chi connectivity index (χ0n) is 19.0. The molecule has 8 heteroatoms. The molecule has 180 valence electrons. The summed E-state index contributed by atoms with van der Waals surface area (Å²) in [6, 6.07) is 20.2. The van der Waals surface area contributed by atoms with Gasteiger partial charge >= 0.3 is 0 Å². The molecule has 2 aliphatic heterocycles. The third kappa shape index (κ3) is 5.32. The molecule has 3 aromatic carbocycles. The van der Waals surface area contributed by atoms with Crippen molar-refractivity contribution < 1.29 is 18.7 Å². The lowest BCUT2D eigenvalue weighted by molar-refractivity contribution is -0.0433. The largest absolute Gasteiger partial charge is 0.508 e. The summed E-state index contributed by atoms with van der Waals surface area (Å²) < 4.78 is 27.6. The maximum atomic E-state index is 13.8. The summed E-state index contributed by atoms with van der Waals surface area (Å²) in [5, 5.41) is 12.3. The molecular weight excluding hydrogens is 468 g/mol. The third-order valence-electron chi connectivity index (χ3n) is 6.23. The third-order valence-corrected chi connectivity index (χ3v) is 7.37. The highest BCUT2D eigenvalue weighted by Crippen LogP contribution is 2.42. The number of fused-ring (bicyclic) bond motifs is 2. The Bertz CT molecular complexity index is 1270. The molecule has 3 aromatic rings. The summed E-state index contributed by atoms with van der Waals surface area (Å²) in [6.07, 6.45) is 0.249. The van der Waals surface area contributed by atoms with Gasteiger partial charge in [-0.1, -0.05) is 42.1 Å². The highest BCUT2D eigenvalue weighted by molar-refractivity contribution is 7.99. The number of alkyl halides is 2. The number of phenolic OH excluding ortho intramolecular Hbond substituents is 1. The van der Waals surface area contributed by atoms with Gasteiger partial charge in [0.05, 0.1) is 5.69 Å². The molecule has 0 aliphatic carbocycles. The molecule has 0 bridgehead atoms. The van der Waals surface area contributed by atoms with Crippen molar-refractivity contribution in [3.05, 3.63) is 83.4 Å². The van der Waals surface area contributed by atoms with E-state index in [9.17, 15) is 18.7 Å². The molecule has 2 heterocycles. The van der Waals surface area contributed by atoms with Gasteiger partial charge < -0.3 is 15.3 Å². The van der Waals surface area contributed by atoms with Crippen molar-refractivity contribution in [2.24, 2.45) is 4.99 Å². The van der Waals surface area contributed by atoms with Crippen molar-refractivity contribution in [3.8, 4) is 5.75 Å². The van der Waals surface area contributed by atoms with Crippen LogP contribution in [0.4, 0.5) is 14.5 Å². The summed E-state index contributed by atoms with van der Waals surface area (Å²) in [7, 11) is 0. The molecule has 0 saturated carbocycles. The fourth-order valence-electron chi connectivity index (χ4n) is 4.24. The number of amidine groups is 1. The molecule has 5 nitrogen and oxygen atoms in total. The van der Waals surface area contributed by atoms with Crippen LogP contribution in [0.15, 0.2) is 81.5 Å². The van der Waals surface area contributed by atoms with Crippen LogP contribution in [-0.4, -0.2) is 47.3 Å². The normalized spacial score (nSPS) is 16.5. The van der Waals surface area contributed by atoms with Crippen LogP contribution in [0, 0.1) is 0 Å². The van der Waals surface area contributed by atoms with Crippen molar-refractivity contribution >= 4 is 29.2 Å². The number of carbonyl (C=O) groups is 1. The maximum absolute atomic E-state index is 13.8. The second-order valence-corrected chi connectivity index (χ2v) is 9.82. The molecule has 1 fully saturated rings. The zero-order valence-corrected chi connectivity index (χ0v) is 19.8. The van der Waals surface area contributed by atoms with E-state index in [1.54, 1.807) is 36.0 Å². The Morgan fingerprint density at radius 2 is 1.77 bits per heavy atom. The second kappa shape index (κ2) is 9.70. The standard InChI is InChI=1S/C27H25F2N3O2S/c28-27(29)12-15-32(16-13-27)25-21-3-1-2-4-23(21)35-24-10-7-19(17-22(24)31-25)26(34)30-14-11-18-5-8-20(33)9-6-18/h1-10,17,33H,11-16H2,(H,30,34). The number of piperidine rings is 1. The van der Waals surface area contributed by atoms with E-state index >= 15 is 0 Å². The Morgan fingerprint density at radius 1 is 1.03 bits per heavy atom.